The van der Waals surface area contributed by atoms with Gasteiger partial charge in [0.05, 0.1) is 13.4 Å². The molecule has 1 saturated carbocycles. The van der Waals surface area contributed by atoms with E-state index in [9.17, 15) is 17.6 Å². The fourth-order valence-corrected chi connectivity index (χ4v) is 4.73. The van der Waals surface area contributed by atoms with E-state index in [2.05, 4.69) is 22.3 Å². The van der Waals surface area contributed by atoms with Gasteiger partial charge in [0.1, 0.15) is 0 Å². The zero-order chi connectivity index (χ0) is 24.0. The van der Waals surface area contributed by atoms with E-state index in [0.717, 1.165) is 31.1 Å². The molecule has 9 heteroatoms. The summed E-state index contributed by atoms with van der Waals surface area (Å²) in [6.45, 7) is 2.45. The summed E-state index contributed by atoms with van der Waals surface area (Å²) in [6.07, 6.45) is 4.17. The Labute approximate surface area is 195 Å². The lowest BCUT2D eigenvalue weighted by Crippen LogP contribution is -2.34. The first-order valence-corrected chi connectivity index (χ1v) is 13.0. The number of methoxy groups -OCH3 is 1. The fraction of sp³-hybridized carbons (Fsp3) is 0.458. The first kappa shape index (κ1) is 25.1. The van der Waals surface area contributed by atoms with Crippen LogP contribution in [0.25, 0.3) is 0 Å². The summed E-state index contributed by atoms with van der Waals surface area (Å²) >= 11 is 0. The molecule has 3 atom stereocenters. The zero-order valence-electron chi connectivity index (χ0n) is 19.2. The van der Waals surface area contributed by atoms with Gasteiger partial charge < -0.3 is 15.4 Å². The van der Waals surface area contributed by atoms with Crippen molar-refractivity contribution >= 4 is 15.9 Å². The van der Waals surface area contributed by atoms with Gasteiger partial charge in [-0.25, -0.2) is 17.5 Å². The first-order chi connectivity index (χ1) is 15.7. The molecule has 0 unspecified atom stereocenters. The van der Waals surface area contributed by atoms with E-state index >= 15 is 0 Å². The SMILES string of the molecule is COc1cc([C@@H](C)N[C@H]2CC[C@@H](c3ccc(C(=O)NCCNS(C)(=O)=O)cc3)C2)ccc1F. The third kappa shape index (κ3) is 7.25. The standard InChI is InChI=1S/C24H32FN3O4S/c1-16(19-9-11-22(25)23(15-19)32-2)28-21-10-8-20(14-21)17-4-6-18(7-5-17)24(29)26-12-13-27-33(3,30)31/h4-7,9,11,15-16,20-21,27-28H,8,10,12-14H2,1-3H3,(H,26,29)/t16-,20-,21+/m1/s1. The lowest BCUT2D eigenvalue weighted by atomic mass is 9.96. The van der Waals surface area contributed by atoms with Crippen LogP contribution in [0, 0.1) is 5.82 Å². The van der Waals surface area contributed by atoms with Crippen LogP contribution in [0.2, 0.25) is 0 Å². The molecule has 1 fully saturated rings. The van der Waals surface area contributed by atoms with Gasteiger partial charge in [-0.3, -0.25) is 4.79 Å². The van der Waals surface area contributed by atoms with Crippen LogP contribution in [-0.2, 0) is 10.0 Å². The number of amides is 1. The van der Waals surface area contributed by atoms with Crippen molar-refractivity contribution in [1.29, 1.82) is 0 Å². The summed E-state index contributed by atoms with van der Waals surface area (Å²) in [5, 5.41) is 6.35. The maximum atomic E-state index is 13.7. The minimum Gasteiger partial charge on any atom is -0.494 e. The number of rotatable bonds is 10. The maximum Gasteiger partial charge on any atom is 0.251 e. The summed E-state index contributed by atoms with van der Waals surface area (Å²) in [4.78, 5) is 12.2. The highest BCUT2D eigenvalue weighted by molar-refractivity contribution is 7.88. The van der Waals surface area contributed by atoms with Crippen LogP contribution < -0.4 is 20.1 Å². The van der Waals surface area contributed by atoms with Crippen LogP contribution in [0.5, 0.6) is 5.75 Å². The summed E-state index contributed by atoms with van der Waals surface area (Å²) in [7, 11) is -1.80. The van der Waals surface area contributed by atoms with Crippen LogP contribution in [0.4, 0.5) is 4.39 Å². The molecular formula is C24H32FN3O4S. The van der Waals surface area contributed by atoms with Gasteiger partial charge in [-0.2, -0.15) is 0 Å². The molecule has 1 amide bonds. The molecule has 0 heterocycles. The number of ether oxygens (including phenoxy) is 1. The highest BCUT2D eigenvalue weighted by Crippen LogP contribution is 2.35. The Kier molecular flexibility index (Phi) is 8.45. The number of hydrogen-bond acceptors (Lipinski definition) is 5. The van der Waals surface area contributed by atoms with Gasteiger partial charge >= 0.3 is 0 Å². The molecule has 0 aliphatic heterocycles. The number of halogens is 1. The quantitative estimate of drug-likeness (QED) is 0.457. The molecule has 0 saturated heterocycles. The van der Waals surface area contributed by atoms with Crippen LogP contribution in [0.15, 0.2) is 42.5 Å². The second-order valence-electron chi connectivity index (χ2n) is 8.53. The third-order valence-corrected chi connectivity index (χ3v) is 6.74. The average molecular weight is 478 g/mol. The lowest BCUT2D eigenvalue weighted by molar-refractivity contribution is 0.0954. The van der Waals surface area contributed by atoms with Crippen molar-refractivity contribution in [2.75, 3.05) is 26.5 Å². The molecule has 3 N–H and O–H groups in total. The second-order valence-corrected chi connectivity index (χ2v) is 10.4. The first-order valence-electron chi connectivity index (χ1n) is 11.1. The predicted octanol–water partition coefficient (Wildman–Crippen LogP) is 3.10. The minimum atomic E-state index is -3.26. The highest BCUT2D eigenvalue weighted by atomic mass is 32.2. The van der Waals surface area contributed by atoms with E-state index in [1.54, 1.807) is 12.1 Å². The molecule has 2 aromatic rings. The van der Waals surface area contributed by atoms with Crippen molar-refractivity contribution in [3.05, 3.63) is 65.0 Å². The molecule has 2 aromatic carbocycles. The smallest absolute Gasteiger partial charge is 0.251 e. The van der Waals surface area contributed by atoms with Crippen molar-refractivity contribution in [1.82, 2.24) is 15.4 Å². The van der Waals surface area contributed by atoms with Crippen LogP contribution >= 0.6 is 0 Å². The molecule has 0 aromatic heterocycles. The van der Waals surface area contributed by atoms with Gasteiger partial charge in [-0.1, -0.05) is 18.2 Å². The zero-order valence-corrected chi connectivity index (χ0v) is 20.0. The Morgan fingerprint density at radius 1 is 1.15 bits per heavy atom. The number of carbonyl (C=O) groups excluding carboxylic acids is 1. The van der Waals surface area contributed by atoms with E-state index in [-0.39, 0.29) is 36.6 Å². The maximum absolute atomic E-state index is 13.7. The number of hydrogen-bond donors (Lipinski definition) is 3. The molecule has 180 valence electrons. The largest absolute Gasteiger partial charge is 0.494 e. The van der Waals surface area contributed by atoms with Crippen molar-refractivity contribution in [2.24, 2.45) is 0 Å². The van der Waals surface area contributed by atoms with Gasteiger partial charge in [0, 0.05) is 30.7 Å². The molecule has 0 radical (unpaired) electrons. The van der Waals surface area contributed by atoms with E-state index in [0.29, 0.717) is 17.5 Å². The highest BCUT2D eigenvalue weighted by Gasteiger charge is 2.27. The molecule has 1 aliphatic rings. The van der Waals surface area contributed by atoms with Crippen LogP contribution in [0.1, 0.15) is 59.6 Å². The van der Waals surface area contributed by atoms with Gasteiger partial charge in [0.2, 0.25) is 10.0 Å². The van der Waals surface area contributed by atoms with E-state index in [4.69, 9.17) is 4.74 Å². The Bertz CT molecular complexity index is 1060. The topological polar surface area (TPSA) is 96.5 Å². The fourth-order valence-electron chi connectivity index (χ4n) is 4.25. The van der Waals surface area contributed by atoms with Crippen LogP contribution in [0.3, 0.4) is 0 Å². The summed E-state index contributed by atoms with van der Waals surface area (Å²) in [5.74, 6) is 0.0678. The van der Waals surface area contributed by atoms with Crippen molar-refractivity contribution < 1.29 is 22.3 Å². The molecule has 3 rings (SSSR count). The Morgan fingerprint density at radius 3 is 2.55 bits per heavy atom. The lowest BCUT2D eigenvalue weighted by Gasteiger charge is -2.21. The summed E-state index contributed by atoms with van der Waals surface area (Å²) < 4.78 is 43.2. The van der Waals surface area contributed by atoms with Gasteiger partial charge in [-0.15, -0.1) is 0 Å². The predicted molar refractivity (Wildman–Crippen MR) is 127 cm³/mol. The minimum absolute atomic E-state index is 0.0755. The van der Waals surface area contributed by atoms with E-state index < -0.39 is 10.0 Å². The van der Waals surface area contributed by atoms with Gasteiger partial charge in [0.25, 0.3) is 5.91 Å². The average Bonchev–Trinajstić information content (AvgIpc) is 3.24. The van der Waals surface area contributed by atoms with E-state index in [1.165, 1.54) is 18.7 Å². The Balaban J connectivity index is 1.50. The summed E-state index contributed by atoms with van der Waals surface area (Å²) in [5.41, 5.74) is 2.73. The molecule has 1 aliphatic carbocycles. The van der Waals surface area contributed by atoms with Crippen molar-refractivity contribution in [2.45, 2.75) is 44.2 Å². The molecule has 33 heavy (non-hydrogen) atoms. The monoisotopic (exact) mass is 477 g/mol. The second kappa shape index (κ2) is 11.1. The van der Waals surface area contributed by atoms with Crippen LogP contribution in [-0.4, -0.2) is 46.8 Å². The number of sulfonamides is 1. The number of nitrogens with one attached hydrogen (secondary N) is 3. The number of carbonyl (C=O) groups is 1. The normalized spacial score (nSPS) is 19.3. The third-order valence-electron chi connectivity index (χ3n) is 6.01. The molecular weight excluding hydrogens is 445 g/mol. The van der Waals surface area contributed by atoms with Gasteiger partial charge in [0.15, 0.2) is 11.6 Å². The number of benzene rings is 2. The summed E-state index contributed by atoms with van der Waals surface area (Å²) in [6, 6.07) is 13.0. The molecule has 7 nitrogen and oxygen atoms in total. The Morgan fingerprint density at radius 2 is 1.88 bits per heavy atom. The molecule has 0 spiro atoms. The van der Waals surface area contributed by atoms with Crippen molar-refractivity contribution in [3.8, 4) is 5.75 Å². The Hall–Kier alpha value is -2.49. The van der Waals surface area contributed by atoms with E-state index in [1.807, 2.05) is 24.3 Å². The van der Waals surface area contributed by atoms with Crippen molar-refractivity contribution in [3.63, 3.8) is 0 Å². The van der Waals surface area contributed by atoms with Gasteiger partial charge in [-0.05, 0) is 67.5 Å². The molecule has 0 bridgehead atoms.